The molecule has 2 amide bonds. The molecule has 0 aromatic carbocycles. The Morgan fingerprint density at radius 3 is 2.80 bits per heavy atom. The average molecular weight is 414 g/mol. The third kappa shape index (κ3) is 2.99. The number of likely N-dealkylation sites (tertiary alicyclic amines) is 1. The standard InChI is InChI=1S/C22H31N5O3/c1-3-26-14-23-24-17(26)12-25(2)20(28)18-16-10-11-22(30-16)13-27(21(29)19(18)22)15-8-6-4-5-7-9-15/h10-11,14-16,18-19H,3-9,12-13H2,1-2H3/t16-,18?,19?,22-/m1/s1. The molecule has 1 aromatic heterocycles. The highest BCUT2D eigenvalue weighted by Crippen LogP contribution is 2.53. The summed E-state index contributed by atoms with van der Waals surface area (Å²) >= 11 is 0. The van der Waals surface area contributed by atoms with Crippen LogP contribution >= 0.6 is 0 Å². The van der Waals surface area contributed by atoms with E-state index in [0.717, 1.165) is 25.2 Å². The Kier molecular flexibility index (Phi) is 4.92. The molecule has 1 aliphatic carbocycles. The van der Waals surface area contributed by atoms with E-state index in [-0.39, 0.29) is 24.0 Å². The topological polar surface area (TPSA) is 80.6 Å². The summed E-state index contributed by atoms with van der Waals surface area (Å²) in [7, 11) is 1.78. The van der Waals surface area contributed by atoms with Crippen molar-refractivity contribution in [2.24, 2.45) is 11.8 Å². The number of hydrogen-bond donors (Lipinski definition) is 0. The van der Waals surface area contributed by atoms with Gasteiger partial charge >= 0.3 is 0 Å². The fourth-order valence-corrected chi connectivity index (χ4v) is 5.90. The molecule has 162 valence electrons. The van der Waals surface area contributed by atoms with Gasteiger partial charge in [0.1, 0.15) is 11.9 Å². The quantitative estimate of drug-likeness (QED) is 0.543. The zero-order valence-electron chi connectivity index (χ0n) is 17.9. The van der Waals surface area contributed by atoms with Gasteiger partial charge in [-0.25, -0.2) is 0 Å². The van der Waals surface area contributed by atoms with Crippen LogP contribution < -0.4 is 0 Å². The molecule has 2 bridgehead atoms. The minimum atomic E-state index is -0.626. The first-order chi connectivity index (χ1) is 14.5. The van der Waals surface area contributed by atoms with Crippen molar-refractivity contribution in [2.75, 3.05) is 13.6 Å². The molecule has 2 saturated heterocycles. The zero-order valence-corrected chi connectivity index (χ0v) is 17.9. The van der Waals surface area contributed by atoms with Crippen LogP contribution in [0.25, 0.3) is 0 Å². The normalized spacial score (nSPS) is 33.2. The van der Waals surface area contributed by atoms with E-state index >= 15 is 0 Å². The van der Waals surface area contributed by atoms with Gasteiger partial charge in [-0.3, -0.25) is 9.59 Å². The minimum absolute atomic E-state index is 0.0436. The second-order valence-electron chi connectivity index (χ2n) is 9.24. The highest BCUT2D eigenvalue weighted by molar-refractivity contribution is 5.93. The summed E-state index contributed by atoms with van der Waals surface area (Å²) in [6, 6.07) is 0.285. The van der Waals surface area contributed by atoms with E-state index in [4.69, 9.17) is 4.74 Å². The van der Waals surface area contributed by atoms with Crippen LogP contribution in [0, 0.1) is 11.8 Å². The van der Waals surface area contributed by atoms with E-state index < -0.39 is 17.4 Å². The number of hydrogen-bond acceptors (Lipinski definition) is 5. The van der Waals surface area contributed by atoms with Gasteiger partial charge in [0.15, 0.2) is 5.82 Å². The van der Waals surface area contributed by atoms with Crippen molar-refractivity contribution < 1.29 is 14.3 Å². The zero-order chi connectivity index (χ0) is 20.9. The Bertz CT molecular complexity index is 859. The van der Waals surface area contributed by atoms with Crippen molar-refractivity contribution in [3.05, 3.63) is 24.3 Å². The average Bonchev–Trinajstić information content (AvgIpc) is 3.45. The van der Waals surface area contributed by atoms with Crippen molar-refractivity contribution in [2.45, 2.75) is 76.3 Å². The summed E-state index contributed by atoms with van der Waals surface area (Å²) < 4.78 is 8.24. The predicted molar refractivity (Wildman–Crippen MR) is 109 cm³/mol. The summed E-state index contributed by atoms with van der Waals surface area (Å²) in [6.45, 7) is 3.74. The molecule has 3 fully saturated rings. The number of amides is 2. The summed E-state index contributed by atoms with van der Waals surface area (Å²) in [4.78, 5) is 30.7. The van der Waals surface area contributed by atoms with Crippen LogP contribution in [-0.2, 0) is 27.4 Å². The third-order valence-electron chi connectivity index (χ3n) is 7.47. The fraction of sp³-hybridized carbons (Fsp3) is 0.727. The third-order valence-corrected chi connectivity index (χ3v) is 7.47. The van der Waals surface area contributed by atoms with Gasteiger partial charge in [-0.15, -0.1) is 10.2 Å². The number of rotatable bonds is 5. The smallest absolute Gasteiger partial charge is 0.230 e. The number of aryl methyl sites for hydroxylation is 1. The van der Waals surface area contributed by atoms with Crippen LogP contribution in [0.5, 0.6) is 0 Å². The lowest BCUT2D eigenvalue weighted by Gasteiger charge is -2.30. The van der Waals surface area contributed by atoms with E-state index in [1.165, 1.54) is 25.7 Å². The number of aromatic nitrogens is 3. The predicted octanol–water partition coefficient (Wildman–Crippen LogP) is 1.76. The largest absolute Gasteiger partial charge is 0.360 e. The van der Waals surface area contributed by atoms with Crippen LogP contribution in [0.4, 0.5) is 0 Å². The molecule has 0 radical (unpaired) electrons. The highest BCUT2D eigenvalue weighted by Gasteiger charge is 2.67. The lowest BCUT2D eigenvalue weighted by Crippen LogP contribution is -2.45. The van der Waals surface area contributed by atoms with Crippen molar-refractivity contribution >= 4 is 11.8 Å². The maximum Gasteiger partial charge on any atom is 0.230 e. The van der Waals surface area contributed by atoms with Gasteiger partial charge in [0, 0.05) is 19.6 Å². The van der Waals surface area contributed by atoms with Crippen LogP contribution in [0.3, 0.4) is 0 Å². The second-order valence-corrected chi connectivity index (χ2v) is 9.24. The second kappa shape index (κ2) is 7.48. The molecule has 5 rings (SSSR count). The molecule has 1 saturated carbocycles. The van der Waals surface area contributed by atoms with Crippen LogP contribution in [-0.4, -0.2) is 67.7 Å². The van der Waals surface area contributed by atoms with Gasteiger partial charge in [-0.05, 0) is 19.8 Å². The van der Waals surface area contributed by atoms with Crippen molar-refractivity contribution in [1.29, 1.82) is 0 Å². The summed E-state index contributed by atoms with van der Waals surface area (Å²) in [5.74, 6) is -0.0493. The molecule has 2 unspecified atom stereocenters. The summed E-state index contributed by atoms with van der Waals surface area (Å²) in [6.07, 6.45) is 12.4. The molecule has 4 atom stereocenters. The maximum atomic E-state index is 13.6. The minimum Gasteiger partial charge on any atom is -0.360 e. The SMILES string of the molecule is CCn1cnnc1CN(C)C(=O)C1C2C(=O)N(C3CCCCCC3)C[C@]23C=C[C@H]1O3. The molecule has 1 aromatic rings. The number of fused-ring (bicyclic) bond motifs is 1. The van der Waals surface area contributed by atoms with Crippen LogP contribution in [0.15, 0.2) is 18.5 Å². The van der Waals surface area contributed by atoms with Gasteiger partial charge in [-0.1, -0.05) is 37.8 Å². The molecule has 4 heterocycles. The number of carbonyl (C=O) groups excluding carboxylic acids is 2. The first-order valence-electron chi connectivity index (χ1n) is 11.3. The van der Waals surface area contributed by atoms with Crippen molar-refractivity contribution in [1.82, 2.24) is 24.6 Å². The van der Waals surface area contributed by atoms with E-state index in [9.17, 15) is 9.59 Å². The Hall–Kier alpha value is -2.22. The number of nitrogens with zero attached hydrogens (tertiary/aromatic N) is 5. The molecule has 0 N–H and O–H groups in total. The first kappa shape index (κ1) is 19.7. The molecule has 8 heteroatoms. The van der Waals surface area contributed by atoms with Gasteiger partial charge < -0.3 is 19.1 Å². The molecule has 3 aliphatic heterocycles. The van der Waals surface area contributed by atoms with Crippen LogP contribution in [0.2, 0.25) is 0 Å². The van der Waals surface area contributed by atoms with E-state index in [1.54, 1.807) is 18.3 Å². The Balaban J connectivity index is 1.36. The van der Waals surface area contributed by atoms with E-state index in [2.05, 4.69) is 16.3 Å². The van der Waals surface area contributed by atoms with Gasteiger partial charge in [0.05, 0.1) is 31.0 Å². The van der Waals surface area contributed by atoms with Crippen molar-refractivity contribution in [3.63, 3.8) is 0 Å². The first-order valence-corrected chi connectivity index (χ1v) is 11.3. The Labute approximate surface area is 177 Å². The molecular formula is C22H31N5O3. The molecule has 4 aliphatic rings. The Morgan fingerprint density at radius 1 is 1.30 bits per heavy atom. The fourth-order valence-electron chi connectivity index (χ4n) is 5.90. The summed E-state index contributed by atoms with van der Waals surface area (Å²) in [5.41, 5.74) is -0.626. The van der Waals surface area contributed by atoms with Gasteiger partial charge in [-0.2, -0.15) is 0 Å². The van der Waals surface area contributed by atoms with Gasteiger partial charge in [0.25, 0.3) is 0 Å². The Morgan fingerprint density at radius 2 is 2.07 bits per heavy atom. The maximum absolute atomic E-state index is 13.6. The number of ether oxygens (including phenoxy) is 1. The van der Waals surface area contributed by atoms with Crippen LogP contribution in [0.1, 0.15) is 51.3 Å². The molecular weight excluding hydrogens is 382 g/mol. The molecule has 30 heavy (non-hydrogen) atoms. The van der Waals surface area contributed by atoms with Crippen molar-refractivity contribution in [3.8, 4) is 0 Å². The summed E-state index contributed by atoms with van der Waals surface area (Å²) in [5, 5.41) is 8.10. The van der Waals surface area contributed by atoms with E-state index in [0.29, 0.717) is 13.1 Å². The lowest BCUT2D eigenvalue weighted by molar-refractivity contribution is -0.143. The van der Waals surface area contributed by atoms with Gasteiger partial charge in [0.2, 0.25) is 11.8 Å². The number of carbonyl (C=O) groups is 2. The highest BCUT2D eigenvalue weighted by atomic mass is 16.5. The molecule has 1 spiro atoms. The molecule has 8 nitrogen and oxygen atoms in total. The lowest BCUT2D eigenvalue weighted by atomic mass is 9.76. The van der Waals surface area contributed by atoms with E-state index in [1.807, 2.05) is 22.5 Å². The monoisotopic (exact) mass is 413 g/mol.